The van der Waals surface area contributed by atoms with E-state index < -0.39 is 0 Å². The van der Waals surface area contributed by atoms with Gasteiger partial charge in [-0.15, -0.1) is 24.0 Å². The van der Waals surface area contributed by atoms with Gasteiger partial charge in [0.1, 0.15) is 0 Å². The van der Waals surface area contributed by atoms with Crippen LogP contribution in [-0.4, -0.2) is 54.8 Å². The Hall–Kier alpha value is -0.860. The second-order valence-corrected chi connectivity index (χ2v) is 7.44. The molecule has 1 saturated carbocycles. The molecular weight excluding hydrogens is 451 g/mol. The van der Waals surface area contributed by atoms with Crippen molar-refractivity contribution < 1.29 is 5.11 Å². The van der Waals surface area contributed by atoms with Crippen LogP contribution < -0.4 is 10.6 Å². The molecule has 0 saturated heterocycles. The summed E-state index contributed by atoms with van der Waals surface area (Å²) in [5, 5.41) is 16.7. The number of benzene rings is 1. The zero-order valence-corrected chi connectivity index (χ0v) is 19.4. The number of aliphatic imine (C=N–C) groups is 1. The molecule has 0 radical (unpaired) electrons. The van der Waals surface area contributed by atoms with Crippen molar-refractivity contribution in [2.24, 2.45) is 10.9 Å². The van der Waals surface area contributed by atoms with E-state index in [2.05, 4.69) is 71.8 Å². The van der Waals surface area contributed by atoms with Crippen molar-refractivity contribution in [1.29, 1.82) is 0 Å². The molecule has 1 aliphatic rings. The van der Waals surface area contributed by atoms with Gasteiger partial charge in [-0.2, -0.15) is 0 Å². The van der Waals surface area contributed by atoms with E-state index in [0.717, 1.165) is 51.3 Å². The molecule has 3 N–H and O–H groups in total. The topological polar surface area (TPSA) is 59.9 Å². The van der Waals surface area contributed by atoms with Crippen molar-refractivity contribution in [1.82, 2.24) is 15.5 Å². The van der Waals surface area contributed by atoms with Gasteiger partial charge in [0, 0.05) is 38.1 Å². The summed E-state index contributed by atoms with van der Waals surface area (Å²) in [4.78, 5) is 7.06. The molecule has 0 heterocycles. The molecule has 1 fully saturated rings. The fourth-order valence-electron chi connectivity index (χ4n) is 3.43. The molecule has 1 aromatic rings. The van der Waals surface area contributed by atoms with E-state index >= 15 is 0 Å². The highest BCUT2D eigenvalue weighted by Crippen LogP contribution is 2.25. The van der Waals surface area contributed by atoms with Gasteiger partial charge in [-0.1, -0.05) is 36.8 Å². The fraction of sp³-hybridized carbons (Fsp3) is 0.667. The Bertz CT molecular complexity index is 540. The van der Waals surface area contributed by atoms with Gasteiger partial charge >= 0.3 is 0 Å². The molecule has 2 rings (SSSR count). The van der Waals surface area contributed by atoms with Gasteiger partial charge in [-0.05, 0) is 45.7 Å². The second kappa shape index (κ2) is 13.3. The molecule has 3 unspecified atom stereocenters. The lowest BCUT2D eigenvalue weighted by molar-refractivity contribution is 0.136. The lowest BCUT2D eigenvalue weighted by atomic mass is 10.1. The van der Waals surface area contributed by atoms with Gasteiger partial charge in [-0.3, -0.25) is 9.89 Å². The first kappa shape index (κ1) is 24.2. The van der Waals surface area contributed by atoms with E-state index in [1.165, 1.54) is 5.56 Å². The third-order valence-electron chi connectivity index (χ3n) is 5.33. The highest BCUT2D eigenvalue weighted by molar-refractivity contribution is 14.0. The number of aliphatic hydroxyl groups is 1. The average molecular weight is 488 g/mol. The predicted molar refractivity (Wildman–Crippen MR) is 125 cm³/mol. The third-order valence-corrected chi connectivity index (χ3v) is 5.33. The Labute approximate surface area is 182 Å². The van der Waals surface area contributed by atoms with Crippen LogP contribution in [0.15, 0.2) is 35.3 Å². The minimum absolute atomic E-state index is 0. The van der Waals surface area contributed by atoms with Crippen molar-refractivity contribution in [3.63, 3.8) is 0 Å². The van der Waals surface area contributed by atoms with Gasteiger partial charge in [0.2, 0.25) is 0 Å². The maximum absolute atomic E-state index is 9.95. The lowest BCUT2D eigenvalue weighted by Gasteiger charge is -2.25. The highest BCUT2D eigenvalue weighted by atomic mass is 127. The normalized spacial score (nSPS) is 21.0. The number of guanidine groups is 1. The van der Waals surface area contributed by atoms with Crippen molar-refractivity contribution >= 4 is 29.9 Å². The number of halogens is 1. The first-order chi connectivity index (χ1) is 12.6. The molecule has 0 aliphatic heterocycles. The minimum Gasteiger partial charge on any atom is -0.393 e. The van der Waals surface area contributed by atoms with E-state index in [1.54, 1.807) is 0 Å². The molecular formula is C21H37IN4O. The molecule has 6 heteroatoms. The molecule has 5 nitrogen and oxygen atoms in total. The Kier molecular flexibility index (Phi) is 11.9. The summed E-state index contributed by atoms with van der Waals surface area (Å²) >= 11 is 0. The van der Waals surface area contributed by atoms with E-state index in [1.807, 2.05) is 0 Å². The van der Waals surface area contributed by atoms with Crippen molar-refractivity contribution in [2.45, 2.75) is 58.2 Å². The van der Waals surface area contributed by atoms with Crippen LogP contribution in [-0.2, 0) is 6.54 Å². The summed E-state index contributed by atoms with van der Waals surface area (Å²) in [5.41, 5.74) is 1.35. The predicted octanol–water partition coefficient (Wildman–Crippen LogP) is 3.23. The summed E-state index contributed by atoms with van der Waals surface area (Å²) in [6.07, 6.45) is 4.02. The zero-order valence-electron chi connectivity index (χ0n) is 17.0. The van der Waals surface area contributed by atoms with Gasteiger partial charge in [0.05, 0.1) is 6.10 Å². The van der Waals surface area contributed by atoms with E-state index in [-0.39, 0.29) is 30.1 Å². The lowest BCUT2D eigenvalue weighted by Crippen LogP contribution is -2.40. The van der Waals surface area contributed by atoms with Gasteiger partial charge in [-0.25, -0.2) is 0 Å². The molecule has 1 aromatic carbocycles. The summed E-state index contributed by atoms with van der Waals surface area (Å²) in [6, 6.07) is 11.1. The minimum atomic E-state index is -0.173. The monoisotopic (exact) mass is 488 g/mol. The summed E-state index contributed by atoms with van der Waals surface area (Å²) in [5.74, 6) is 1.19. The van der Waals surface area contributed by atoms with Gasteiger partial charge < -0.3 is 15.7 Å². The highest BCUT2D eigenvalue weighted by Gasteiger charge is 2.24. The standard InChI is InChI=1S/C21H36N4O.HI/c1-4-22-21(24-15-19-11-8-12-20(19)26)23-14-13-17(2)25(3)16-18-9-6-5-7-10-18;/h5-7,9-10,17,19-20,26H,4,8,11-16H2,1-3H3,(H2,22,23,24);1H. The molecule has 1 aliphatic carbocycles. The Morgan fingerprint density at radius 2 is 2.00 bits per heavy atom. The van der Waals surface area contributed by atoms with Crippen LogP contribution in [0.25, 0.3) is 0 Å². The first-order valence-corrected chi connectivity index (χ1v) is 10.0. The number of nitrogens with zero attached hydrogens (tertiary/aromatic N) is 2. The van der Waals surface area contributed by atoms with Crippen LogP contribution in [0, 0.1) is 5.92 Å². The fourth-order valence-corrected chi connectivity index (χ4v) is 3.43. The zero-order chi connectivity index (χ0) is 18.8. The van der Waals surface area contributed by atoms with Crippen molar-refractivity contribution in [3.05, 3.63) is 35.9 Å². The Morgan fingerprint density at radius 1 is 1.26 bits per heavy atom. The van der Waals surface area contributed by atoms with Crippen LogP contribution in [0.4, 0.5) is 0 Å². The SMILES string of the molecule is CCNC(=NCC1CCCC1O)NCCC(C)N(C)Cc1ccccc1.I. The first-order valence-electron chi connectivity index (χ1n) is 10.0. The number of nitrogens with one attached hydrogen (secondary N) is 2. The van der Waals surface area contributed by atoms with Crippen LogP contribution >= 0.6 is 24.0 Å². The summed E-state index contributed by atoms with van der Waals surface area (Å²) in [6.45, 7) is 7.76. The molecule has 0 spiro atoms. The summed E-state index contributed by atoms with van der Waals surface area (Å²) in [7, 11) is 2.18. The van der Waals surface area contributed by atoms with Crippen molar-refractivity contribution in [3.8, 4) is 0 Å². The van der Waals surface area contributed by atoms with E-state index in [9.17, 15) is 5.11 Å². The van der Waals surface area contributed by atoms with Gasteiger partial charge in [0.15, 0.2) is 5.96 Å². The molecule has 27 heavy (non-hydrogen) atoms. The number of hydrogen-bond acceptors (Lipinski definition) is 3. The Balaban J connectivity index is 0.00000364. The number of rotatable bonds is 9. The number of hydrogen-bond donors (Lipinski definition) is 3. The van der Waals surface area contributed by atoms with Gasteiger partial charge in [0.25, 0.3) is 0 Å². The number of aliphatic hydroxyl groups excluding tert-OH is 1. The van der Waals surface area contributed by atoms with E-state index in [0.29, 0.717) is 18.5 Å². The van der Waals surface area contributed by atoms with Crippen LogP contribution in [0.3, 0.4) is 0 Å². The van der Waals surface area contributed by atoms with Crippen LogP contribution in [0.2, 0.25) is 0 Å². The van der Waals surface area contributed by atoms with Crippen LogP contribution in [0.5, 0.6) is 0 Å². The molecule has 3 atom stereocenters. The third kappa shape index (κ3) is 8.79. The molecule has 154 valence electrons. The van der Waals surface area contributed by atoms with Crippen LogP contribution in [0.1, 0.15) is 45.1 Å². The maximum atomic E-state index is 9.95. The molecule has 0 amide bonds. The quantitative estimate of drug-likeness (QED) is 0.284. The maximum Gasteiger partial charge on any atom is 0.191 e. The molecule has 0 aromatic heterocycles. The summed E-state index contributed by atoms with van der Waals surface area (Å²) < 4.78 is 0. The Morgan fingerprint density at radius 3 is 2.63 bits per heavy atom. The molecule has 0 bridgehead atoms. The van der Waals surface area contributed by atoms with E-state index in [4.69, 9.17) is 0 Å². The average Bonchev–Trinajstić information content (AvgIpc) is 3.05. The smallest absolute Gasteiger partial charge is 0.191 e. The largest absolute Gasteiger partial charge is 0.393 e. The second-order valence-electron chi connectivity index (χ2n) is 7.44. The van der Waals surface area contributed by atoms with Crippen molar-refractivity contribution in [2.75, 3.05) is 26.7 Å².